The van der Waals surface area contributed by atoms with Crippen molar-refractivity contribution in [1.82, 2.24) is 0 Å². The van der Waals surface area contributed by atoms with E-state index < -0.39 is 0 Å². The number of benzene rings is 2. The van der Waals surface area contributed by atoms with E-state index >= 15 is 0 Å². The Bertz CT molecular complexity index is 418. The van der Waals surface area contributed by atoms with Crippen molar-refractivity contribution in [2.24, 2.45) is 0 Å². The molecule has 0 saturated carbocycles. The van der Waals surface area contributed by atoms with E-state index in [0.29, 0.717) is 5.56 Å². The molecule has 0 bridgehead atoms. The summed E-state index contributed by atoms with van der Waals surface area (Å²) in [5.74, 6) is 0. The molecule has 0 fully saturated rings. The van der Waals surface area contributed by atoms with Crippen LogP contribution in [0.25, 0.3) is 10.8 Å². The highest BCUT2D eigenvalue weighted by Crippen LogP contribution is 2.13. The van der Waals surface area contributed by atoms with Crippen LogP contribution in [-0.2, 0) is 0 Å². The van der Waals surface area contributed by atoms with Crippen molar-refractivity contribution in [1.29, 1.82) is 0 Å². The maximum atomic E-state index is 10.4. The van der Waals surface area contributed by atoms with Crippen LogP contribution in [0.15, 0.2) is 36.4 Å². The van der Waals surface area contributed by atoms with Gasteiger partial charge in [-0.3, -0.25) is 4.79 Å². The summed E-state index contributed by atoms with van der Waals surface area (Å²) in [7, 11) is 0. The SMILES string of the molecule is O=Cc1[c]c2ccccc2cc1. The van der Waals surface area contributed by atoms with Gasteiger partial charge in [-0.25, -0.2) is 0 Å². The minimum atomic E-state index is 0.605. The lowest BCUT2D eigenvalue weighted by atomic mass is 10.1. The van der Waals surface area contributed by atoms with Gasteiger partial charge in [-0.2, -0.15) is 0 Å². The zero-order chi connectivity index (χ0) is 8.39. The van der Waals surface area contributed by atoms with E-state index in [0.717, 1.165) is 17.1 Å². The lowest BCUT2D eigenvalue weighted by Gasteiger charge is -1.95. The Morgan fingerprint density at radius 3 is 2.75 bits per heavy atom. The van der Waals surface area contributed by atoms with Crippen LogP contribution in [0.4, 0.5) is 0 Å². The van der Waals surface area contributed by atoms with E-state index in [1.54, 1.807) is 6.07 Å². The van der Waals surface area contributed by atoms with Gasteiger partial charge in [0.1, 0.15) is 0 Å². The van der Waals surface area contributed by atoms with Crippen molar-refractivity contribution in [2.45, 2.75) is 0 Å². The third-order valence-electron chi connectivity index (χ3n) is 1.81. The third-order valence-corrected chi connectivity index (χ3v) is 1.81. The summed E-state index contributed by atoms with van der Waals surface area (Å²) >= 11 is 0. The Labute approximate surface area is 70.6 Å². The Kier molecular flexibility index (Phi) is 1.63. The van der Waals surface area contributed by atoms with Gasteiger partial charge < -0.3 is 0 Å². The first-order valence-corrected chi connectivity index (χ1v) is 3.76. The molecule has 0 atom stereocenters. The molecule has 2 aromatic rings. The van der Waals surface area contributed by atoms with Gasteiger partial charge >= 0.3 is 0 Å². The number of rotatable bonds is 1. The van der Waals surface area contributed by atoms with Crippen LogP contribution >= 0.6 is 0 Å². The topological polar surface area (TPSA) is 17.1 Å². The van der Waals surface area contributed by atoms with Gasteiger partial charge in [0.05, 0.1) is 0 Å². The summed E-state index contributed by atoms with van der Waals surface area (Å²) in [6.07, 6.45) is 0.812. The van der Waals surface area contributed by atoms with Gasteiger partial charge in [-0.1, -0.05) is 36.4 Å². The average molecular weight is 155 g/mol. The molecule has 12 heavy (non-hydrogen) atoms. The van der Waals surface area contributed by atoms with E-state index in [9.17, 15) is 4.79 Å². The Hall–Kier alpha value is -1.63. The second-order valence-electron chi connectivity index (χ2n) is 2.62. The second kappa shape index (κ2) is 2.78. The van der Waals surface area contributed by atoms with Crippen LogP contribution in [0.5, 0.6) is 0 Å². The summed E-state index contributed by atoms with van der Waals surface area (Å²) in [6.45, 7) is 0. The molecule has 2 aromatic carbocycles. The van der Waals surface area contributed by atoms with Gasteiger partial charge in [0.25, 0.3) is 0 Å². The molecule has 0 aliphatic heterocycles. The number of fused-ring (bicyclic) bond motifs is 1. The quantitative estimate of drug-likeness (QED) is 0.578. The Morgan fingerprint density at radius 1 is 1.08 bits per heavy atom. The van der Waals surface area contributed by atoms with Gasteiger partial charge in [0.2, 0.25) is 0 Å². The fraction of sp³-hybridized carbons (Fsp3) is 0. The molecule has 0 aliphatic carbocycles. The Morgan fingerprint density at radius 2 is 1.92 bits per heavy atom. The maximum Gasteiger partial charge on any atom is 0.150 e. The normalized spacial score (nSPS) is 10.0. The molecule has 57 valence electrons. The predicted molar refractivity (Wildman–Crippen MR) is 48.2 cm³/mol. The fourth-order valence-corrected chi connectivity index (χ4v) is 1.20. The molecule has 0 N–H and O–H groups in total. The van der Waals surface area contributed by atoms with Crippen LogP contribution in [0.3, 0.4) is 0 Å². The number of carbonyl (C=O) groups excluding carboxylic acids is 1. The number of carbonyl (C=O) groups is 1. The molecule has 0 heterocycles. The first-order chi connectivity index (χ1) is 5.90. The van der Waals surface area contributed by atoms with Crippen LogP contribution in [-0.4, -0.2) is 6.29 Å². The van der Waals surface area contributed by atoms with Crippen molar-refractivity contribution in [3.8, 4) is 0 Å². The number of aldehydes is 1. The minimum Gasteiger partial charge on any atom is -0.298 e. The van der Waals surface area contributed by atoms with Gasteiger partial charge in [0, 0.05) is 11.6 Å². The van der Waals surface area contributed by atoms with E-state index in [2.05, 4.69) is 6.07 Å². The fourth-order valence-electron chi connectivity index (χ4n) is 1.20. The summed E-state index contributed by atoms with van der Waals surface area (Å²) in [5, 5.41) is 2.10. The zero-order valence-corrected chi connectivity index (χ0v) is 6.45. The van der Waals surface area contributed by atoms with Gasteiger partial charge in [-0.05, 0) is 10.8 Å². The predicted octanol–water partition coefficient (Wildman–Crippen LogP) is 2.45. The molecule has 0 aliphatic rings. The van der Waals surface area contributed by atoms with Crippen LogP contribution in [0, 0.1) is 6.07 Å². The van der Waals surface area contributed by atoms with Crippen molar-refractivity contribution in [2.75, 3.05) is 0 Å². The van der Waals surface area contributed by atoms with Crippen molar-refractivity contribution < 1.29 is 4.79 Å². The molecule has 1 heteroatoms. The van der Waals surface area contributed by atoms with Gasteiger partial charge in [0.15, 0.2) is 6.29 Å². The summed E-state index contributed by atoms with van der Waals surface area (Å²) in [4.78, 5) is 10.4. The number of hydrogen-bond donors (Lipinski definition) is 0. The molecule has 0 amide bonds. The van der Waals surface area contributed by atoms with E-state index in [1.807, 2.05) is 30.3 Å². The molecule has 2 rings (SSSR count). The smallest absolute Gasteiger partial charge is 0.150 e. The standard InChI is InChI=1S/C11H7O/c12-8-9-5-6-10-3-1-2-4-11(10)7-9/h1-6,8H. The van der Waals surface area contributed by atoms with Crippen LogP contribution < -0.4 is 0 Å². The van der Waals surface area contributed by atoms with E-state index in [4.69, 9.17) is 0 Å². The van der Waals surface area contributed by atoms with Crippen LogP contribution in [0.2, 0.25) is 0 Å². The maximum absolute atomic E-state index is 10.4. The molecule has 0 saturated heterocycles. The molecular formula is C11H7O. The lowest BCUT2D eigenvalue weighted by molar-refractivity contribution is 0.112. The lowest BCUT2D eigenvalue weighted by Crippen LogP contribution is -1.79. The first kappa shape index (κ1) is 7.04. The van der Waals surface area contributed by atoms with E-state index in [-0.39, 0.29) is 0 Å². The molecule has 0 aromatic heterocycles. The van der Waals surface area contributed by atoms with Crippen molar-refractivity contribution in [3.63, 3.8) is 0 Å². The molecule has 0 unspecified atom stereocenters. The highest BCUT2D eigenvalue weighted by Gasteiger charge is 1.93. The summed E-state index contributed by atoms with van der Waals surface area (Å²) in [5.41, 5.74) is 0.605. The van der Waals surface area contributed by atoms with Crippen LogP contribution in [0.1, 0.15) is 10.4 Å². The molecule has 1 nitrogen and oxygen atoms in total. The monoisotopic (exact) mass is 155 g/mol. The van der Waals surface area contributed by atoms with E-state index in [1.165, 1.54) is 0 Å². The largest absolute Gasteiger partial charge is 0.298 e. The number of hydrogen-bond acceptors (Lipinski definition) is 1. The van der Waals surface area contributed by atoms with Crippen molar-refractivity contribution in [3.05, 3.63) is 48.0 Å². The third kappa shape index (κ3) is 1.10. The Balaban J connectivity index is 2.75. The van der Waals surface area contributed by atoms with Gasteiger partial charge in [-0.15, -0.1) is 0 Å². The van der Waals surface area contributed by atoms with Crippen molar-refractivity contribution >= 4 is 17.1 Å². The molecule has 1 radical (unpaired) electrons. The second-order valence-corrected chi connectivity index (χ2v) is 2.62. The summed E-state index contributed by atoms with van der Waals surface area (Å²) < 4.78 is 0. The highest BCUT2D eigenvalue weighted by atomic mass is 16.1. The molecule has 0 spiro atoms. The summed E-state index contributed by atoms with van der Waals surface area (Å²) in [6, 6.07) is 14.6. The molecular weight excluding hydrogens is 148 g/mol. The zero-order valence-electron chi connectivity index (χ0n) is 6.45. The first-order valence-electron chi connectivity index (χ1n) is 3.76. The highest BCUT2D eigenvalue weighted by molar-refractivity contribution is 5.88. The minimum absolute atomic E-state index is 0.605. The average Bonchev–Trinajstić information content (AvgIpc) is 2.17.